The van der Waals surface area contributed by atoms with Crippen LogP contribution in [0, 0.1) is 5.92 Å². The molecule has 0 amide bonds. The summed E-state index contributed by atoms with van der Waals surface area (Å²) < 4.78 is 9.92. The zero-order valence-electron chi connectivity index (χ0n) is 17.3. The van der Waals surface area contributed by atoms with Gasteiger partial charge in [-0.25, -0.2) is 14.3 Å². The van der Waals surface area contributed by atoms with Crippen LogP contribution in [0.2, 0.25) is 0 Å². The Balaban J connectivity index is 2.03. The van der Waals surface area contributed by atoms with E-state index in [1.54, 1.807) is 19.5 Å². The van der Waals surface area contributed by atoms with Gasteiger partial charge >= 0.3 is 5.69 Å². The lowest BCUT2D eigenvalue weighted by Crippen LogP contribution is -2.40. The van der Waals surface area contributed by atoms with E-state index in [0.29, 0.717) is 35.1 Å². The maximum atomic E-state index is 13.5. The summed E-state index contributed by atoms with van der Waals surface area (Å²) in [5.74, 6) is 0.941. The molecule has 0 aliphatic heterocycles. The van der Waals surface area contributed by atoms with Crippen LogP contribution < -0.4 is 16.0 Å². The molecule has 0 unspecified atom stereocenters. The number of hydrogen-bond acceptors (Lipinski definition) is 4. The quantitative estimate of drug-likeness (QED) is 0.495. The van der Waals surface area contributed by atoms with Crippen molar-refractivity contribution in [2.45, 2.75) is 26.9 Å². The van der Waals surface area contributed by atoms with E-state index < -0.39 is 5.69 Å². The summed E-state index contributed by atoms with van der Waals surface area (Å²) in [5, 5.41) is 0. The fourth-order valence-electron chi connectivity index (χ4n) is 3.60. The molecule has 30 heavy (non-hydrogen) atoms. The summed E-state index contributed by atoms with van der Waals surface area (Å²) >= 11 is 0. The fourth-order valence-corrected chi connectivity index (χ4v) is 3.60. The molecule has 7 nitrogen and oxygen atoms in total. The van der Waals surface area contributed by atoms with Crippen LogP contribution in [0.25, 0.3) is 16.9 Å². The zero-order chi connectivity index (χ0) is 21.3. The fraction of sp³-hybridized carbons (Fsp3) is 0.261. The highest BCUT2D eigenvalue weighted by atomic mass is 16.5. The highest BCUT2D eigenvalue weighted by Crippen LogP contribution is 2.19. The molecule has 2 aromatic carbocycles. The topological polar surface area (TPSA) is 71.1 Å². The van der Waals surface area contributed by atoms with Crippen LogP contribution in [0.3, 0.4) is 0 Å². The van der Waals surface area contributed by atoms with Crippen molar-refractivity contribution in [1.82, 2.24) is 18.7 Å². The van der Waals surface area contributed by atoms with E-state index in [-0.39, 0.29) is 12.1 Å². The third-order valence-corrected chi connectivity index (χ3v) is 4.96. The second-order valence-electron chi connectivity index (χ2n) is 7.66. The monoisotopic (exact) mass is 404 g/mol. The number of fused-ring (bicyclic) bond motifs is 1. The van der Waals surface area contributed by atoms with E-state index in [1.807, 2.05) is 53.1 Å². The van der Waals surface area contributed by atoms with Crippen LogP contribution in [0.15, 0.2) is 70.5 Å². The minimum Gasteiger partial charge on any atom is -0.497 e. The van der Waals surface area contributed by atoms with E-state index in [0.717, 1.165) is 5.56 Å². The molecule has 0 spiro atoms. The normalized spacial score (nSPS) is 11.3. The van der Waals surface area contributed by atoms with Crippen molar-refractivity contribution in [3.05, 3.63) is 87.3 Å². The predicted octanol–water partition coefficient (Wildman–Crippen LogP) is 3.06. The lowest BCUT2D eigenvalue weighted by Gasteiger charge is -2.14. The van der Waals surface area contributed by atoms with Gasteiger partial charge in [0, 0.05) is 12.6 Å². The van der Waals surface area contributed by atoms with Gasteiger partial charge in [-0.15, -0.1) is 0 Å². The smallest absolute Gasteiger partial charge is 0.337 e. The van der Waals surface area contributed by atoms with Crippen molar-refractivity contribution in [2.24, 2.45) is 5.92 Å². The van der Waals surface area contributed by atoms with Gasteiger partial charge in [-0.3, -0.25) is 9.36 Å². The highest BCUT2D eigenvalue weighted by Gasteiger charge is 2.20. The first kappa shape index (κ1) is 19.7. The lowest BCUT2D eigenvalue weighted by atomic mass is 10.2. The first-order valence-electron chi connectivity index (χ1n) is 9.88. The summed E-state index contributed by atoms with van der Waals surface area (Å²) in [6, 6.07) is 16.7. The molecule has 0 saturated carbocycles. The standard InChI is InChI=1S/C23H24N4O3/c1-16(2)13-25-15-24-21-20(25)22(28)26(14-17-8-5-4-6-9-17)23(29)27(21)18-10-7-11-19(12-18)30-3/h4-12,15-16H,13-14H2,1-3H3. The van der Waals surface area contributed by atoms with Gasteiger partial charge in [0.25, 0.3) is 5.56 Å². The minimum absolute atomic E-state index is 0.186. The Morgan fingerprint density at radius 2 is 1.80 bits per heavy atom. The second-order valence-corrected chi connectivity index (χ2v) is 7.66. The van der Waals surface area contributed by atoms with E-state index in [4.69, 9.17) is 4.74 Å². The molecule has 2 aromatic heterocycles. The number of ether oxygens (including phenoxy) is 1. The maximum Gasteiger partial charge on any atom is 0.337 e. The summed E-state index contributed by atoms with van der Waals surface area (Å²) in [6.07, 6.45) is 1.63. The van der Waals surface area contributed by atoms with Gasteiger partial charge in [-0.1, -0.05) is 50.2 Å². The SMILES string of the molecule is COc1cccc(-n2c(=O)n(Cc3ccccc3)c(=O)c3c2ncn3CC(C)C)c1. The number of imidazole rings is 1. The third kappa shape index (κ3) is 3.54. The third-order valence-electron chi connectivity index (χ3n) is 4.96. The van der Waals surface area contributed by atoms with Crippen molar-refractivity contribution in [1.29, 1.82) is 0 Å². The molecule has 0 fully saturated rings. The van der Waals surface area contributed by atoms with Gasteiger partial charge in [0.15, 0.2) is 11.2 Å². The van der Waals surface area contributed by atoms with Crippen LogP contribution >= 0.6 is 0 Å². The minimum atomic E-state index is -0.431. The average Bonchev–Trinajstić information content (AvgIpc) is 3.14. The van der Waals surface area contributed by atoms with Gasteiger partial charge in [0.2, 0.25) is 0 Å². The Hall–Kier alpha value is -3.61. The molecule has 0 bridgehead atoms. The number of benzene rings is 2. The van der Waals surface area contributed by atoms with Gasteiger partial charge in [-0.05, 0) is 23.6 Å². The van der Waals surface area contributed by atoms with Crippen molar-refractivity contribution in [2.75, 3.05) is 7.11 Å². The molecule has 0 aliphatic rings. The Bertz CT molecular complexity index is 1300. The maximum absolute atomic E-state index is 13.5. The lowest BCUT2D eigenvalue weighted by molar-refractivity contribution is 0.414. The number of aromatic nitrogens is 4. The Kier molecular flexibility index (Phi) is 5.27. The predicted molar refractivity (Wildman–Crippen MR) is 117 cm³/mol. The molecule has 0 atom stereocenters. The van der Waals surface area contributed by atoms with Crippen molar-refractivity contribution in [3.8, 4) is 11.4 Å². The Labute approximate surface area is 173 Å². The molecule has 7 heteroatoms. The number of rotatable bonds is 6. The van der Waals surface area contributed by atoms with E-state index >= 15 is 0 Å². The zero-order valence-corrected chi connectivity index (χ0v) is 17.3. The van der Waals surface area contributed by atoms with Gasteiger partial charge in [0.1, 0.15) is 5.75 Å². The summed E-state index contributed by atoms with van der Waals surface area (Å²) in [7, 11) is 1.57. The number of methoxy groups -OCH3 is 1. The first-order valence-corrected chi connectivity index (χ1v) is 9.88. The van der Waals surface area contributed by atoms with Crippen molar-refractivity contribution < 1.29 is 4.74 Å². The summed E-state index contributed by atoms with van der Waals surface area (Å²) in [4.78, 5) is 31.3. The molecule has 0 radical (unpaired) electrons. The van der Waals surface area contributed by atoms with Gasteiger partial charge in [0.05, 0.1) is 25.7 Å². The van der Waals surface area contributed by atoms with Gasteiger partial charge in [-0.2, -0.15) is 0 Å². The Morgan fingerprint density at radius 1 is 1.03 bits per heavy atom. The van der Waals surface area contributed by atoms with Gasteiger partial charge < -0.3 is 9.30 Å². The van der Waals surface area contributed by atoms with Crippen molar-refractivity contribution >= 4 is 11.2 Å². The van der Waals surface area contributed by atoms with E-state index in [1.165, 1.54) is 9.13 Å². The van der Waals surface area contributed by atoms with Crippen LogP contribution in [-0.2, 0) is 13.1 Å². The largest absolute Gasteiger partial charge is 0.497 e. The summed E-state index contributed by atoms with van der Waals surface area (Å²) in [6.45, 7) is 4.97. The molecule has 2 heterocycles. The number of hydrogen-bond donors (Lipinski definition) is 0. The van der Waals surface area contributed by atoms with Crippen LogP contribution in [-0.4, -0.2) is 25.8 Å². The molecular formula is C23H24N4O3. The van der Waals surface area contributed by atoms with E-state index in [2.05, 4.69) is 18.8 Å². The van der Waals surface area contributed by atoms with Crippen LogP contribution in [0.5, 0.6) is 5.75 Å². The Morgan fingerprint density at radius 3 is 2.50 bits per heavy atom. The van der Waals surface area contributed by atoms with E-state index in [9.17, 15) is 9.59 Å². The summed E-state index contributed by atoms with van der Waals surface area (Å²) in [5.41, 5.74) is 1.48. The second kappa shape index (κ2) is 8.02. The molecule has 4 rings (SSSR count). The van der Waals surface area contributed by atoms with Crippen LogP contribution in [0.1, 0.15) is 19.4 Å². The molecule has 4 aromatic rings. The molecule has 0 N–H and O–H groups in total. The molecule has 0 saturated heterocycles. The van der Waals surface area contributed by atoms with Crippen molar-refractivity contribution in [3.63, 3.8) is 0 Å². The first-order chi connectivity index (χ1) is 14.5. The van der Waals surface area contributed by atoms with Crippen LogP contribution in [0.4, 0.5) is 0 Å². The molecular weight excluding hydrogens is 380 g/mol. The molecule has 154 valence electrons. The highest BCUT2D eigenvalue weighted by molar-refractivity contribution is 5.72. The molecule has 0 aliphatic carbocycles. The number of nitrogens with zero attached hydrogens (tertiary/aromatic N) is 4. The average molecular weight is 404 g/mol.